The molecule has 1 amide bonds. The molecule has 0 bridgehead atoms. The number of carbonyl (C=O) groups excluding carboxylic acids is 1. The minimum Gasteiger partial charge on any atom is -0.341 e. The number of hydrogen-bond donors (Lipinski definition) is 1. The summed E-state index contributed by atoms with van der Waals surface area (Å²) in [7, 11) is 0. The van der Waals surface area contributed by atoms with Gasteiger partial charge in [-0.3, -0.25) is 4.79 Å². The van der Waals surface area contributed by atoms with Crippen molar-refractivity contribution in [3.05, 3.63) is 0 Å². The first-order chi connectivity index (χ1) is 6.56. The van der Waals surface area contributed by atoms with E-state index in [9.17, 15) is 4.79 Å². The van der Waals surface area contributed by atoms with Crippen molar-refractivity contribution in [2.24, 2.45) is 11.7 Å². The number of rotatable bonds is 6. The van der Waals surface area contributed by atoms with Crippen LogP contribution in [0.25, 0.3) is 0 Å². The zero-order valence-electron chi connectivity index (χ0n) is 9.92. The average Bonchev–Trinajstić information content (AvgIpc) is 2.23. The van der Waals surface area contributed by atoms with Crippen LogP contribution in [-0.2, 0) is 4.79 Å². The molecule has 0 aliphatic heterocycles. The van der Waals surface area contributed by atoms with Crippen LogP contribution < -0.4 is 5.73 Å². The van der Waals surface area contributed by atoms with Gasteiger partial charge in [0.25, 0.3) is 0 Å². The first-order valence-corrected chi connectivity index (χ1v) is 5.61. The van der Waals surface area contributed by atoms with Gasteiger partial charge in [-0.05, 0) is 19.3 Å². The van der Waals surface area contributed by atoms with Gasteiger partial charge in [-0.15, -0.1) is 0 Å². The summed E-state index contributed by atoms with van der Waals surface area (Å²) in [5.74, 6) is 0.651. The molecule has 84 valence electrons. The molecule has 0 heterocycles. The van der Waals surface area contributed by atoms with E-state index in [1.165, 1.54) is 0 Å². The second-order valence-corrected chi connectivity index (χ2v) is 3.91. The fourth-order valence-corrected chi connectivity index (χ4v) is 1.29. The van der Waals surface area contributed by atoms with Gasteiger partial charge in [0.2, 0.25) is 5.91 Å². The maximum absolute atomic E-state index is 11.8. The van der Waals surface area contributed by atoms with Crippen LogP contribution in [0.4, 0.5) is 0 Å². The number of likely N-dealkylation sites (N-methyl/N-ethyl adjacent to an activating group) is 1. The van der Waals surface area contributed by atoms with E-state index in [0.29, 0.717) is 5.92 Å². The molecule has 0 fully saturated rings. The molecule has 2 atom stereocenters. The molecule has 2 unspecified atom stereocenters. The van der Waals surface area contributed by atoms with Crippen LogP contribution in [0.1, 0.15) is 40.5 Å². The van der Waals surface area contributed by atoms with Crippen LogP contribution >= 0.6 is 0 Å². The zero-order valence-corrected chi connectivity index (χ0v) is 9.92. The van der Waals surface area contributed by atoms with Gasteiger partial charge in [-0.1, -0.05) is 27.2 Å². The maximum Gasteiger partial charge on any atom is 0.239 e. The summed E-state index contributed by atoms with van der Waals surface area (Å²) in [5, 5.41) is 0. The Bertz CT molecular complexity index is 171. The lowest BCUT2D eigenvalue weighted by molar-refractivity contribution is -0.133. The summed E-state index contributed by atoms with van der Waals surface area (Å²) in [4.78, 5) is 13.6. The average molecular weight is 200 g/mol. The molecule has 0 aromatic carbocycles. The summed E-state index contributed by atoms with van der Waals surface area (Å²) in [6.45, 7) is 9.84. The minimum absolute atomic E-state index is 0.0929. The quantitative estimate of drug-likeness (QED) is 0.708. The molecular formula is C11H24N2O. The van der Waals surface area contributed by atoms with Gasteiger partial charge in [0.15, 0.2) is 0 Å². The van der Waals surface area contributed by atoms with Crippen LogP contribution in [0.5, 0.6) is 0 Å². The van der Waals surface area contributed by atoms with Gasteiger partial charge < -0.3 is 10.6 Å². The van der Waals surface area contributed by atoms with Crippen molar-refractivity contribution >= 4 is 5.91 Å². The van der Waals surface area contributed by atoms with E-state index in [-0.39, 0.29) is 11.9 Å². The molecule has 0 saturated heterocycles. The highest BCUT2D eigenvalue weighted by Gasteiger charge is 2.19. The van der Waals surface area contributed by atoms with Gasteiger partial charge in [0.1, 0.15) is 0 Å². The fourth-order valence-electron chi connectivity index (χ4n) is 1.29. The Balaban J connectivity index is 4.18. The molecule has 0 aromatic rings. The number of amides is 1. The fraction of sp³-hybridized carbons (Fsp3) is 0.909. The van der Waals surface area contributed by atoms with Crippen LogP contribution in [0.3, 0.4) is 0 Å². The highest BCUT2D eigenvalue weighted by molar-refractivity contribution is 5.81. The lowest BCUT2D eigenvalue weighted by atomic mass is 10.1. The Kier molecular flexibility index (Phi) is 6.54. The van der Waals surface area contributed by atoms with Crippen LogP contribution in [-0.4, -0.2) is 29.9 Å². The van der Waals surface area contributed by atoms with Crippen molar-refractivity contribution in [2.45, 2.75) is 46.6 Å². The lowest BCUT2D eigenvalue weighted by Gasteiger charge is -2.26. The second kappa shape index (κ2) is 6.82. The van der Waals surface area contributed by atoms with Crippen molar-refractivity contribution < 1.29 is 4.79 Å². The molecule has 0 aliphatic rings. The Morgan fingerprint density at radius 3 is 2.21 bits per heavy atom. The van der Waals surface area contributed by atoms with E-state index in [1.54, 1.807) is 0 Å². The van der Waals surface area contributed by atoms with Crippen molar-refractivity contribution in [1.82, 2.24) is 4.90 Å². The molecule has 0 saturated carbocycles. The molecule has 14 heavy (non-hydrogen) atoms. The van der Waals surface area contributed by atoms with Crippen molar-refractivity contribution in [2.75, 3.05) is 13.1 Å². The van der Waals surface area contributed by atoms with Crippen molar-refractivity contribution in [1.29, 1.82) is 0 Å². The van der Waals surface area contributed by atoms with Crippen LogP contribution in [0.2, 0.25) is 0 Å². The first kappa shape index (κ1) is 13.4. The number of nitrogens with zero attached hydrogens (tertiary/aromatic N) is 1. The first-order valence-electron chi connectivity index (χ1n) is 5.61. The standard InChI is InChI=1S/C11H24N2O/c1-5-9(4)8-13(7-3)11(14)10(12)6-2/h9-10H,5-8,12H2,1-4H3. The molecule has 0 aliphatic carbocycles. The van der Waals surface area contributed by atoms with Gasteiger partial charge >= 0.3 is 0 Å². The number of hydrogen-bond acceptors (Lipinski definition) is 2. The molecule has 0 rings (SSSR count). The second-order valence-electron chi connectivity index (χ2n) is 3.91. The van der Waals surface area contributed by atoms with Gasteiger partial charge in [-0.2, -0.15) is 0 Å². The van der Waals surface area contributed by atoms with Gasteiger partial charge in [-0.25, -0.2) is 0 Å². The molecular weight excluding hydrogens is 176 g/mol. The largest absolute Gasteiger partial charge is 0.341 e. The van der Waals surface area contributed by atoms with Crippen molar-refractivity contribution in [3.8, 4) is 0 Å². The summed E-state index contributed by atoms with van der Waals surface area (Å²) >= 11 is 0. The third kappa shape index (κ3) is 4.09. The summed E-state index contributed by atoms with van der Waals surface area (Å²) in [6.07, 6.45) is 1.82. The van der Waals surface area contributed by atoms with E-state index >= 15 is 0 Å². The van der Waals surface area contributed by atoms with E-state index in [1.807, 2.05) is 18.7 Å². The van der Waals surface area contributed by atoms with Crippen LogP contribution in [0.15, 0.2) is 0 Å². The van der Waals surface area contributed by atoms with E-state index in [0.717, 1.165) is 25.9 Å². The SMILES string of the molecule is CCC(C)CN(CC)C(=O)C(N)CC. The van der Waals surface area contributed by atoms with Crippen LogP contribution in [0, 0.1) is 5.92 Å². The van der Waals surface area contributed by atoms with E-state index in [2.05, 4.69) is 13.8 Å². The zero-order chi connectivity index (χ0) is 11.1. The smallest absolute Gasteiger partial charge is 0.239 e. The highest BCUT2D eigenvalue weighted by Crippen LogP contribution is 2.06. The maximum atomic E-state index is 11.8. The molecule has 0 spiro atoms. The lowest BCUT2D eigenvalue weighted by Crippen LogP contribution is -2.44. The van der Waals surface area contributed by atoms with Gasteiger partial charge in [0.05, 0.1) is 6.04 Å². The predicted molar refractivity (Wildman–Crippen MR) is 60.0 cm³/mol. The monoisotopic (exact) mass is 200 g/mol. The summed E-state index contributed by atoms with van der Waals surface area (Å²) in [6, 6.07) is -0.320. The van der Waals surface area contributed by atoms with Gasteiger partial charge in [0, 0.05) is 13.1 Å². The third-order valence-electron chi connectivity index (χ3n) is 2.68. The molecule has 0 radical (unpaired) electrons. The molecule has 3 heteroatoms. The summed E-state index contributed by atoms with van der Waals surface area (Å²) in [5.41, 5.74) is 5.72. The molecule has 2 N–H and O–H groups in total. The Morgan fingerprint density at radius 2 is 1.86 bits per heavy atom. The Hall–Kier alpha value is -0.570. The van der Waals surface area contributed by atoms with Crippen molar-refractivity contribution in [3.63, 3.8) is 0 Å². The normalized spacial score (nSPS) is 14.9. The molecule has 3 nitrogen and oxygen atoms in total. The predicted octanol–water partition coefficient (Wildman–Crippen LogP) is 1.62. The minimum atomic E-state index is -0.320. The number of nitrogens with two attached hydrogens (primary N) is 1. The number of carbonyl (C=O) groups is 1. The highest BCUT2D eigenvalue weighted by atomic mass is 16.2. The summed E-state index contributed by atoms with van der Waals surface area (Å²) < 4.78 is 0. The Labute approximate surface area is 87.6 Å². The topological polar surface area (TPSA) is 46.3 Å². The van der Waals surface area contributed by atoms with E-state index in [4.69, 9.17) is 5.73 Å². The Morgan fingerprint density at radius 1 is 1.29 bits per heavy atom. The molecule has 0 aromatic heterocycles. The third-order valence-corrected chi connectivity index (χ3v) is 2.68. The van der Waals surface area contributed by atoms with E-state index < -0.39 is 0 Å².